The first kappa shape index (κ1) is 12.4. The van der Waals surface area contributed by atoms with Gasteiger partial charge in [-0.3, -0.25) is 0 Å². The molecule has 1 atom stereocenters. The predicted molar refractivity (Wildman–Crippen MR) is 68.1 cm³/mol. The van der Waals surface area contributed by atoms with Crippen LogP contribution < -0.4 is 10.6 Å². The first-order valence-corrected chi connectivity index (χ1v) is 6.10. The Morgan fingerprint density at radius 2 is 1.88 bits per heavy atom. The zero-order valence-corrected chi connectivity index (χ0v) is 10.0. The fourth-order valence-corrected chi connectivity index (χ4v) is 2.06. The highest BCUT2D eigenvalue weighted by atomic mass is 16.5. The molecule has 1 aromatic carbocycles. The summed E-state index contributed by atoms with van der Waals surface area (Å²) in [5.41, 5.74) is 8.24. The van der Waals surface area contributed by atoms with Gasteiger partial charge in [-0.2, -0.15) is 0 Å². The van der Waals surface area contributed by atoms with Gasteiger partial charge in [0.2, 0.25) is 0 Å². The van der Waals surface area contributed by atoms with E-state index in [2.05, 4.69) is 17.0 Å². The van der Waals surface area contributed by atoms with E-state index < -0.39 is 0 Å². The highest BCUT2D eigenvalue weighted by Gasteiger charge is 2.11. The van der Waals surface area contributed by atoms with Crippen LogP contribution in [0.3, 0.4) is 0 Å². The Hall–Kier alpha value is -1.10. The zero-order chi connectivity index (χ0) is 12.1. The molecule has 1 aliphatic heterocycles. The van der Waals surface area contributed by atoms with Crippen LogP contribution in [-0.2, 0) is 4.74 Å². The minimum atomic E-state index is -0.0706. The van der Waals surface area contributed by atoms with Crippen LogP contribution in [0.1, 0.15) is 18.0 Å². The lowest BCUT2D eigenvalue weighted by atomic mass is 10.0. The van der Waals surface area contributed by atoms with Crippen LogP contribution in [0.2, 0.25) is 0 Å². The minimum absolute atomic E-state index is 0.0706. The van der Waals surface area contributed by atoms with Crippen molar-refractivity contribution in [3.8, 4) is 0 Å². The van der Waals surface area contributed by atoms with Gasteiger partial charge in [-0.1, -0.05) is 12.1 Å². The second kappa shape index (κ2) is 6.00. The van der Waals surface area contributed by atoms with E-state index in [9.17, 15) is 0 Å². The first-order valence-electron chi connectivity index (χ1n) is 6.10. The van der Waals surface area contributed by atoms with E-state index in [0.29, 0.717) is 6.42 Å². The number of ether oxygens (including phenoxy) is 1. The molecule has 0 radical (unpaired) electrons. The maximum Gasteiger partial charge on any atom is 0.0642 e. The predicted octanol–water partition coefficient (Wildman–Crippen LogP) is 0.905. The van der Waals surface area contributed by atoms with Crippen molar-refractivity contribution in [2.75, 3.05) is 37.8 Å². The lowest BCUT2D eigenvalue weighted by Gasteiger charge is -2.29. The summed E-state index contributed by atoms with van der Waals surface area (Å²) in [5, 5.41) is 8.85. The molecule has 1 heterocycles. The average Bonchev–Trinajstić information content (AvgIpc) is 2.40. The number of nitrogens with zero attached hydrogens (tertiary/aromatic N) is 1. The van der Waals surface area contributed by atoms with Crippen molar-refractivity contribution in [2.45, 2.75) is 12.5 Å². The summed E-state index contributed by atoms with van der Waals surface area (Å²) in [7, 11) is 0. The minimum Gasteiger partial charge on any atom is -0.396 e. The molecule has 4 heteroatoms. The summed E-state index contributed by atoms with van der Waals surface area (Å²) in [6.07, 6.45) is 0.608. The Kier molecular flexibility index (Phi) is 4.36. The summed E-state index contributed by atoms with van der Waals surface area (Å²) in [6, 6.07) is 8.21. The Bertz CT molecular complexity index is 334. The highest BCUT2D eigenvalue weighted by Crippen LogP contribution is 2.20. The summed E-state index contributed by atoms with van der Waals surface area (Å²) < 4.78 is 5.33. The van der Waals surface area contributed by atoms with Crippen molar-refractivity contribution in [2.24, 2.45) is 5.73 Å². The van der Waals surface area contributed by atoms with Crippen molar-refractivity contribution in [1.82, 2.24) is 0 Å². The third-order valence-corrected chi connectivity index (χ3v) is 3.14. The van der Waals surface area contributed by atoms with Crippen molar-refractivity contribution in [3.05, 3.63) is 29.8 Å². The number of benzene rings is 1. The maximum atomic E-state index is 8.85. The van der Waals surface area contributed by atoms with Crippen LogP contribution in [0.5, 0.6) is 0 Å². The molecule has 1 saturated heterocycles. The second-order valence-electron chi connectivity index (χ2n) is 4.31. The second-order valence-corrected chi connectivity index (χ2v) is 4.31. The van der Waals surface area contributed by atoms with Gasteiger partial charge in [0.15, 0.2) is 0 Å². The van der Waals surface area contributed by atoms with E-state index in [-0.39, 0.29) is 12.6 Å². The topological polar surface area (TPSA) is 58.7 Å². The Morgan fingerprint density at radius 3 is 2.47 bits per heavy atom. The van der Waals surface area contributed by atoms with Gasteiger partial charge in [0.25, 0.3) is 0 Å². The molecule has 3 N–H and O–H groups in total. The molecule has 1 aromatic rings. The number of hydrogen-bond donors (Lipinski definition) is 2. The number of nitrogens with two attached hydrogens (primary N) is 1. The van der Waals surface area contributed by atoms with E-state index >= 15 is 0 Å². The van der Waals surface area contributed by atoms with Crippen molar-refractivity contribution in [3.63, 3.8) is 0 Å². The van der Waals surface area contributed by atoms with E-state index in [4.69, 9.17) is 15.6 Å². The van der Waals surface area contributed by atoms with E-state index in [1.54, 1.807) is 0 Å². The quantitative estimate of drug-likeness (QED) is 0.815. The lowest BCUT2D eigenvalue weighted by molar-refractivity contribution is 0.122. The average molecular weight is 236 g/mol. The summed E-state index contributed by atoms with van der Waals surface area (Å²) in [6.45, 7) is 3.62. The summed E-state index contributed by atoms with van der Waals surface area (Å²) in [4.78, 5) is 2.31. The molecule has 0 spiro atoms. The van der Waals surface area contributed by atoms with Crippen LogP contribution in [0.4, 0.5) is 5.69 Å². The van der Waals surface area contributed by atoms with Gasteiger partial charge in [-0.25, -0.2) is 0 Å². The molecular weight excluding hydrogens is 216 g/mol. The van der Waals surface area contributed by atoms with Crippen molar-refractivity contribution < 1.29 is 9.84 Å². The molecule has 0 aromatic heterocycles. The van der Waals surface area contributed by atoms with Gasteiger partial charge >= 0.3 is 0 Å². The number of hydrogen-bond acceptors (Lipinski definition) is 4. The Balaban J connectivity index is 2.01. The van der Waals surface area contributed by atoms with Gasteiger partial charge in [0.05, 0.1) is 13.2 Å². The number of aliphatic hydroxyl groups is 1. The fraction of sp³-hybridized carbons (Fsp3) is 0.538. The van der Waals surface area contributed by atoms with Crippen molar-refractivity contribution in [1.29, 1.82) is 0 Å². The molecule has 0 bridgehead atoms. The molecule has 0 amide bonds. The van der Waals surface area contributed by atoms with Gasteiger partial charge < -0.3 is 20.5 Å². The SMILES string of the molecule is NC(CCO)c1ccc(N2CCOCC2)cc1. The third kappa shape index (κ3) is 3.19. The number of aliphatic hydroxyl groups excluding tert-OH is 1. The van der Waals surface area contributed by atoms with Crippen LogP contribution in [-0.4, -0.2) is 38.0 Å². The summed E-state index contributed by atoms with van der Waals surface area (Å²) >= 11 is 0. The first-order chi connectivity index (χ1) is 8.31. The lowest BCUT2D eigenvalue weighted by Crippen LogP contribution is -2.36. The number of morpholine rings is 1. The number of anilines is 1. The van der Waals surface area contributed by atoms with Crippen LogP contribution in [0, 0.1) is 0 Å². The van der Waals surface area contributed by atoms with Crippen LogP contribution in [0.25, 0.3) is 0 Å². The highest BCUT2D eigenvalue weighted by molar-refractivity contribution is 5.48. The fourth-order valence-electron chi connectivity index (χ4n) is 2.06. The van der Waals surface area contributed by atoms with Crippen molar-refractivity contribution >= 4 is 5.69 Å². The molecule has 1 aliphatic rings. The molecule has 0 aliphatic carbocycles. The van der Waals surface area contributed by atoms with Gasteiger partial charge in [0.1, 0.15) is 0 Å². The molecule has 2 rings (SSSR count). The molecular formula is C13H20N2O2. The zero-order valence-electron chi connectivity index (χ0n) is 10.0. The Labute approximate surface area is 102 Å². The molecule has 94 valence electrons. The molecule has 0 saturated carbocycles. The van der Waals surface area contributed by atoms with Crippen LogP contribution >= 0.6 is 0 Å². The Morgan fingerprint density at radius 1 is 1.24 bits per heavy atom. The van der Waals surface area contributed by atoms with E-state index in [1.807, 2.05) is 12.1 Å². The standard InChI is InChI=1S/C13H20N2O2/c14-13(5-8-16)11-1-3-12(4-2-11)15-6-9-17-10-7-15/h1-4,13,16H,5-10,14H2. The number of rotatable bonds is 4. The van der Waals surface area contributed by atoms with Gasteiger partial charge in [0, 0.05) is 31.4 Å². The third-order valence-electron chi connectivity index (χ3n) is 3.14. The maximum absolute atomic E-state index is 8.85. The van der Waals surface area contributed by atoms with E-state index in [0.717, 1.165) is 31.9 Å². The molecule has 17 heavy (non-hydrogen) atoms. The summed E-state index contributed by atoms with van der Waals surface area (Å²) in [5.74, 6) is 0. The molecule has 4 nitrogen and oxygen atoms in total. The normalized spacial score (nSPS) is 18.1. The monoisotopic (exact) mass is 236 g/mol. The molecule has 1 fully saturated rings. The smallest absolute Gasteiger partial charge is 0.0642 e. The van der Waals surface area contributed by atoms with Gasteiger partial charge in [-0.15, -0.1) is 0 Å². The van der Waals surface area contributed by atoms with E-state index in [1.165, 1.54) is 5.69 Å². The molecule has 1 unspecified atom stereocenters. The van der Waals surface area contributed by atoms with Gasteiger partial charge in [-0.05, 0) is 24.1 Å². The van der Waals surface area contributed by atoms with Crippen LogP contribution in [0.15, 0.2) is 24.3 Å². The largest absolute Gasteiger partial charge is 0.396 e.